The van der Waals surface area contributed by atoms with Gasteiger partial charge >= 0.3 is 5.97 Å². The maximum atomic E-state index is 12.0. The SMILES string of the molecule is CC(=O)[C@H](Cc1ccccc1)NC(=O)COC(=O)COc1ccccc1C(N)=O. The Morgan fingerprint density at radius 2 is 1.62 bits per heavy atom. The molecule has 152 valence electrons. The maximum Gasteiger partial charge on any atom is 0.344 e. The van der Waals surface area contributed by atoms with Crippen LogP contribution in [-0.2, 0) is 25.5 Å². The van der Waals surface area contributed by atoms with Crippen molar-refractivity contribution in [2.75, 3.05) is 13.2 Å². The summed E-state index contributed by atoms with van der Waals surface area (Å²) < 4.78 is 10.1. The number of hydrogen-bond acceptors (Lipinski definition) is 6. The van der Waals surface area contributed by atoms with E-state index >= 15 is 0 Å². The standard InChI is InChI=1S/C21H22N2O6/c1-14(24)17(11-15-7-3-2-4-8-15)23-19(25)12-29-20(26)13-28-18-10-6-5-9-16(18)21(22)27/h2-10,17H,11-13H2,1H3,(H2,22,27)(H,23,25)/t17-/m0/s1. The van der Waals surface area contributed by atoms with Crippen molar-refractivity contribution in [1.29, 1.82) is 0 Å². The predicted octanol–water partition coefficient (Wildman–Crippen LogP) is 1.02. The zero-order chi connectivity index (χ0) is 21.2. The quantitative estimate of drug-likeness (QED) is 0.576. The molecule has 0 aliphatic heterocycles. The Kier molecular flexibility index (Phi) is 7.90. The van der Waals surface area contributed by atoms with Crippen LogP contribution in [0.15, 0.2) is 54.6 Å². The Bertz CT molecular complexity index is 882. The van der Waals surface area contributed by atoms with E-state index < -0.39 is 37.0 Å². The van der Waals surface area contributed by atoms with Crippen molar-refractivity contribution >= 4 is 23.6 Å². The molecule has 0 bridgehead atoms. The lowest BCUT2D eigenvalue weighted by Gasteiger charge is -2.16. The topological polar surface area (TPSA) is 125 Å². The number of rotatable bonds is 10. The van der Waals surface area contributed by atoms with E-state index in [0.717, 1.165) is 5.56 Å². The highest BCUT2D eigenvalue weighted by molar-refractivity contribution is 5.95. The largest absolute Gasteiger partial charge is 0.481 e. The Hall–Kier alpha value is -3.68. The lowest BCUT2D eigenvalue weighted by Crippen LogP contribution is -2.43. The van der Waals surface area contributed by atoms with Crippen LogP contribution in [0.4, 0.5) is 0 Å². The highest BCUT2D eigenvalue weighted by Gasteiger charge is 2.19. The van der Waals surface area contributed by atoms with Crippen LogP contribution in [0.1, 0.15) is 22.8 Å². The van der Waals surface area contributed by atoms with Gasteiger partial charge < -0.3 is 20.5 Å². The highest BCUT2D eigenvalue weighted by atomic mass is 16.6. The Morgan fingerprint density at radius 3 is 2.28 bits per heavy atom. The van der Waals surface area contributed by atoms with Crippen LogP contribution in [0.5, 0.6) is 5.75 Å². The number of Topliss-reactive ketones (excluding diaryl/α,β-unsaturated/α-hetero) is 1. The van der Waals surface area contributed by atoms with Crippen LogP contribution in [0.2, 0.25) is 0 Å². The normalized spacial score (nSPS) is 11.2. The summed E-state index contributed by atoms with van der Waals surface area (Å²) in [7, 11) is 0. The molecule has 0 aromatic heterocycles. The smallest absolute Gasteiger partial charge is 0.344 e. The molecule has 0 radical (unpaired) electrons. The first-order chi connectivity index (χ1) is 13.9. The van der Waals surface area contributed by atoms with Gasteiger partial charge in [-0.2, -0.15) is 0 Å². The Morgan fingerprint density at radius 1 is 0.966 bits per heavy atom. The van der Waals surface area contributed by atoms with Crippen LogP contribution in [0.25, 0.3) is 0 Å². The number of nitrogens with one attached hydrogen (secondary N) is 1. The first-order valence-corrected chi connectivity index (χ1v) is 8.88. The molecule has 0 aliphatic rings. The summed E-state index contributed by atoms with van der Waals surface area (Å²) in [5, 5.41) is 2.55. The van der Waals surface area contributed by atoms with Gasteiger partial charge in [-0.25, -0.2) is 4.79 Å². The number of carbonyl (C=O) groups is 4. The number of benzene rings is 2. The van der Waals surface area contributed by atoms with Gasteiger partial charge in [0.15, 0.2) is 19.0 Å². The molecule has 2 aromatic carbocycles. The number of carbonyl (C=O) groups excluding carboxylic acids is 4. The van der Waals surface area contributed by atoms with E-state index in [1.165, 1.54) is 19.1 Å². The summed E-state index contributed by atoms with van der Waals surface area (Å²) in [6.07, 6.45) is 0.336. The second-order valence-electron chi connectivity index (χ2n) is 6.23. The predicted molar refractivity (Wildman–Crippen MR) is 104 cm³/mol. The Balaban J connectivity index is 1.81. The molecule has 0 fully saturated rings. The number of nitrogens with two attached hydrogens (primary N) is 1. The molecular formula is C21H22N2O6. The molecule has 0 saturated heterocycles. The molecule has 0 aliphatic carbocycles. The van der Waals surface area contributed by atoms with Crippen molar-refractivity contribution in [2.45, 2.75) is 19.4 Å². The summed E-state index contributed by atoms with van der Waals surface area (Å²) in [6, 6.07) is 14.7. The molecule has 8 heteroatoms. The minimum absolute atomic E-state index is 0.128. The van der Waals surface area contributed by atoms with Gasteiger partial charge in [0.25, 0.3) is 11.8 Å². The molecule has 1 atom stereocenters. The van der Waals surface area contributed by atoms with Crippen molar-refractivity contribution in [1.82, 2.24) is 5.32 Å². The molecular weight excluding hydrogens is 376 g/mol. The van der Waals surface area contributed by atoms with E-state index in [9.17, 15) is 19.2 Å². The van der Waals surface area contributed by atoms with E-state index in [-0.39, 0.29) is 17.1 Å². The average molecular weight is 398 g/mol. The van der Waals surface area contributed by atoms with Crippen molar-refractivity contribution in [2.24, 2.45) is 5.73 Å². The van der Waals surface area contributed by atoms with E-state index in [0.29, 0.717) is 6.42 Å². The average Bonchev–Trinajstić information content (AvgIpc) is 2.71. The molecule has 2 amide bonds. The summed E-state index contributed by atoms with van der Waals surface area (Å²) in [5.74, 6) is -2.17. The molecule has 3 N–H and O–H groups in total. The van der Waals surface area contributed by atoms with E-state index in [4.69, 9.17) is 15.2 Å². The minimum atomic E-state index is -0.804. The van der Waals surface area contributed by atoms with Crippen LogP contribution < -0.4 is 15.8 Å². The molecule has 0 heterocycles. The molecule has 2 aromatic rings. The van der Waals surface area contributed by atoms with E-state index in [1.54, 1.807) is 12.1 Å². The minimum Gasteiger partial charge on any atom is -0.481 e. The second-order valence-corrected chi connectivity index (χ2v) is 6.23. The first kappa shape index (κ1) is 21.6. The van der Waals surface area contributed by atoms with Gasteiger partial charge in [-0.1, -0.05) is 42.5 Å². The van der Waals surface area contributed by atoms with E-state index in [1.807, 2.05) is 30.3 Å². The molecule has 8 nitrogen and oxygen atoms in total. The summed E-state index contributed by atoms with van der Waals surface area (Å²) in [4.78, 5) is 46.9. The third-order valence-electron chi connectivity index (χ3n) is 3.97. The second kappa shape index (κ2) is 10.6. The van der Waals surface area contributed by atoms with Gasteiger partial charge in [0, 0.05) is 0 Å². The fourth-order valence-corrected chi connectivity index (χ4v) is 2.50. The number of ether oxygens (including phenoxy) is 2. The Labute approximate surface area is 168 Å². The number of hydrogen-bond donors (Lipinski definition) is 2. The maximum absolute atomic E-state index is 12.0. The van der Waals surface area contributed by atoms with Gasteiger partial charge in [-0.3, -0.25) is 14.4 Å². The molecule has 0 saturated carbocycles. The third kappa shape index (κ3) is 7.10. The van der Waals surface area contributed by atoms with Crippen LogP contribution >= 0.6 is 0 Å². The summed E-state index contributed by atoms with van der Waals surface area (Å²) >= 11 is 0. The molecule has 0 unspecified atom stereocenters. The van der Waals surface area contributed by atoms with Crippen molar-refractivity contribution in [3.8, 4) is 5.75 Å². The van der Waals surface area contributed by atoms with Crippen molar-refractivity contribution in [3.63, 3.8) is 0 Å². The van der Waals surface area contributed by atoms with E-state index in [2.05, 4.69) is 5.32 Å². The van der Waals surface area contributed by atoms with Crippen LogP contribution in [-0.4, -0.2) is 42.8 Å². The van der Waals surface area contributed by atoms with Gasteiger partial charge in [0.1, 0.15) is 5.75 Å². The van der Waals surface area contributed by atoms with Gasteiger partial charge in [0.2, 0.25) is 0 Å². The first-order valence-electron chi connectivity index (χ1n) is 8.88. The van der Waals surface area contributed by atoms with Crippen molar-refractivity contribution < 1.29 is 28.7 Å². The summed E-state index contributed by atoms with van der Waals surface area (Å²) in [6.45, 7) is 0.319. The lowest BCUT2D eigenvalue weighted by atomic mass is 10.0. The van der Waals surface area contributed by atoms with Crippen molar-refractivity contribution in [3.05, 3.63) is 65.7 Å². The van der Waals surface area contributed by atoms with Crippen LogP contribution in [0, 0.1) is 0 Å². The number of para-hydroxylation sites is 1. The highest BCUT2D eigenvalue weighted by Crippen LogP contribution is 2.17. The molecule has 29 heavy (non-hydrogen) atoms. The fraction of sp³-hybridized carbons (Fsp3) is 0.238. The number of amides is 2. The van der Waals surface area contributed by atoms with Gasteiger partial charge in [-0.05, 0) is 31.0 Å². The monoisotopic (exact) mass is 398 g/mol. The number of ketones is 1. The number of esters is 1. The van der Waals surface area contributed by atoms with Crippen LogP contribution in [0.3, 0.4) is 0 Å². The molecule has 2 rings (SSSR count). The molecule has 0 spiro atoms. The zero-order valence-corrected chi connectivity index (χ0v) is 15.9. The van der Waals surface area contributed by atoms with Gasteiger partial charge in [-0.15, -0.1) is 0 Å². The lowest BCUT2D eigenvalue weighted by molar-refractivity contribution is -0.150. The number of primary amides is 1. The van der Waals surface area contributed by atoms with Gasteiger partial charge in [0.05, 0.1) is 11.6 Å². The summed E-state index contributed by atoms with van der Waals surface area (Å²) in [5.41, 5.74) is 6.25. The third-order valence-corrected chi connectivity index (χ3v) is 3.97. The zero-order valence-electron chi connectivity index (χ0n) is 15.9. The fourth-order valence-electron chi connectivity index (χ4n) is 2.50.